The lowest BCUT2D eigenvalue weighted by atomic mass is 9.71. The standard InChI is InChI=1S/C31H41N3O8/c1-2-42-24(37)18-34-22-9-4-3-8-20(22)10-13-30(28(34)41)19-31(30)25(33-31)26(38)29(11-5-6-12-29)17-21(27(39)40)16-23(36)32-14-7-15-35/h3-4,8-9,21,25,33,35H,2,5-7,10-19H2,1H3,(H,32,36)(H,39,40)/t21?,25?,30-,31?/m1/s1. The maximum absolute atomic E-state index is 14.2. The smallest absolute Gasteiger partial charge is 0.326 e. The normalized spacial score (nSPS) is 27.7. The first-order chi connectivity index (χ1) is 20.1. The zero-order valence-electron chi connectivity index (χ0n) is 24.2. The van der Waals surface area contributed by atoms with E-state index in [9.17, 15) is 29.1 Å². The van der Waals surface area contributed by atoms with Gasteiger partial charge in [0.05, 0.1) is 29.5 Å². The van der Waals surface area contributed by atoms with E-state index in [2.05, 4.69) is 10.6 Å². The number of carbonyl (C=O) groups is 5. The molecule has 0 radical (unpaired) electrons. The Bertz CT molecular complexity index is 1260. The van der Waals surface area contributed by atoms with E-state index in [1.807, 2.05) is 24.3 Å². The predicted molar refractivity (Wildman–Crippen MR) is 151 cm³/mol. The molecule has 2 spiro atoms. The van der Waals surface area contributed by atoms with Crippen molar-refractivity contribution in [3.63, 3.8) is 0 Å². The molecule has 2 saturated carbocycles. The topological polar surface area (TPSA) is 172 Å². The van der Waals surface area contributed by atoms with Gasteiger partial charge in [0, 0.05) is 30.7 Å². The van der Waals surface area contributed by atoms with Crippen molar-refractivity contribution in [1.82, 2.24) is 10.6 Å². The van der Waals surface area contributed by atoms with Crippen LogP contribution in [-0.2, 0) is 35.1 Å². The maximum Gasteiger partial charge on any atom is 0.326 e. The molecule has 1 saturated heterocycles. The molecule has 2 aliphatic carbocycles. The minimum absolute atomic E-state index is 0.0599. The van der Waals surface area contributed by atoms with Gasteiger partial charge in [0.2, 0.25) is 11.8 Å². The monoisotopic (exact) mass is 583 g/mol. The highest BCUT2D eigenvalue weighted by atomic mass is 16.5. The fourth-order valence-electron chi connectivity index (χ4n) is 7.61. The van der Waals surface area contributed by atoms with Gasteiger partial charge >= 0.3 is 11.9 Å². The fourth-order valence-corrected chi connectivity index (χ4v) is 7.61. The molecule has 4 aliphatic rings. The third-order valence-electron chi connectivity index (χ3n) is 9.89. The highest BCUT2D eigenvalue weighted by Gasteiger charge is 2.85. The number of benzene rings is 1. The predicted octanol–water partition coefficient (Wildman–Crippen LogP) is 1.74. The molecule has 11 heteroatoms. The number of hydrogen-bond donors (Lipinski definition) is 4. The number of hydrogen-bond acceptors (Lipinski definition) is 8. The highest BCUT2D eigenvalue weighted by molar-refractivity contribution is 6.08. The van der Waals surface area contributed by atoms with Crippen molar-refractivity contribution < 1.29 is 38.9 Å². The van der Waals surface area contributed by atoms with Gasteiger partial charge in [-0.3, -0.25) is 29.3 Å². The van der Waals surface area contributed by atoms with Crippen LogP contribution in [0.25, 0.3) is 0 Å². The number of anilines is 1. The summed E-state index contributed by atoms with van der Waals surface area (Å²) in [6, 6.07) is 6.96. The minimum atomic E-state index is -1.11. The average Bonchev–Trinajstić information content (AvgIpc) is 3.80. The Morgan fingerprint density at radius 2 is 1.90 bits per heavy atom. The van der Waals surface area contributed by atoms with Crippen LogP contribution >= 0.6 is 0 Å². The molecule has 4 N–H and O–H groups in total. The number of para-hydroxylation sites is 1. The number of nitrogens with zero attached hydrogens (tertiary/aromatic N) is 1. The Balaban J connectivity index is 1.34. The van der Waals surface area contributed by atoms with Crippen LogP contribution in [0.15, 0.2) is 24.3 Å². The first-order valence-corrected chi connectivity index (χ1v) is 15.1. The largest absolute Gasteiger partial charge is 0.481 e. The van der Waals surface area contributed by atoms with E-state index in [4.69, 9.17) is 9.84 Å². The quantitative estimate of drug-likeness (QED) is 0.153. The van der Waals surface area contributed by atoms with Crippen LogP contribution in [0.1, 0.15) is 70.3 Å². The number of Topliss-reactive ketones (excluding diaryl/α,β-unsaturated/α-hetero) is 1. The first kappa shape index (κ1) is 30.2. The molecule has 3 unspecified atom stereocenters. The van der Waals surface area contributed by atoms with E-state index in [1.165, 1.54) is 4.90 Å². The van der Waals surface area contributed by atoms with Crippen LogP contribution in [0.3, 0.4) is 0 Å². The number of nitrogens with one attached hydrogen (secondary N) is 2. The fraction of sp³-hybridized carbons (Fsp3) is 0.645. The number of rotatable bonds is 13. The molecule has 1 aromatic rings. The van der Waals surface area contributed by atoms with Gasteiger partial charge in [-0.2, -0.15) is 0 Å². The summed E-state index contributed by atoms with van der Waals surface area (Å²) in [6.07, 6.45) is 4.57. The van der Waals surface area contributed by atoms with E-state index in [-0.39, 0.29) is 50.8 Å². The summed E-state index contributed by atoms with van der Waals surface area (Å²) >= 11 is 0. The molecule has 0 bridgehead atoms. The number of carboxylic acids is 1. The van der Waals surface area contributed by atoms with Gasteiger partial charge in [-0.15, -0.1) is 0 Å². The van der Waals surface area contributed by atoms with Gasteiger partial charge in [-0.25, -0.2) is 0 Å². The molecule has 2 aliphatic heterocycles. The van der Waals surface area contributed by atoms with Crippen molar-refractivity contribution in [1.29, 1.82) is 0 Å². The van der Waals surface area contributed by atoms with E-state index in [1.54, 1.807) is 6.92 Å². The molecule has 1 aromatic carbocycles. The third-order valence-corrected chi connectivity index (χ3v) is 9.89. The number of aliphatic hydroxyl groups is 1. The van der Waals surface area contributed by atoms with Gasteiger partial charge in [0.25, 0.3) is 0 Å². The molecule has 3 fully saturated rings. The number of aliphatic hydroxyl groups excluding tert-OH is 1. The molecule has 228 valence electrons. The third kappa shape index (κ3) is 5.32. The number of aliphatic carboxylic acids is 1. The minimum Gasteiger partial charge on any atom is -0.481 e. The number of aryl methyl sites for hydroxylation is 1. The van der Waals surface area contributed by atoms with Gasteiger partial charge in [0.15, 0.2) is 5.78 Å². The molecule has 5 rings (SSSR count). The van der Waals surface area contributed by atoms with Crippen LogP contribution in [0.5, 0.6) is 0 Å². The summed E-state index contributed by atoms with van der Waals surface area (Å²) in [4.78, 5) is 67.1. The van der Waals surface area contributed by atoms with Crippen molar-refractivity contribution in [2.75, 3.05) is 31.2 Å². The molecular formula is C31H41N3O8. The number of esters is 1. The van der Waals surface area contributed by atoms with Crippen molar-refractivity contribution in [2.45, 2.75) is 82.7 Å². The lowest BCUT2D eigenvalue weighted by molar-refractivity contribution is -0.146. The molecule has 2 amide bonds. The van der Waals surface area contributed by atoms with Crippen molar-refractivity contribution >= 4 is 35.2 Å². The van der Waals surface area contributed by atoms with Crippen LogP contribution in [0.2, 0.25) is 0 Å². The summed E-state index contributed by atoms with van der Waals surface area (Å²) in [6.45, 7) is 1.90. The summed E-state index contributed by atoms with van der Waals surface area (Å²) in [5.41, 5.74) is -0.761. The zero-order chi connectivity index (χ0) is 30.1. The number of fused-ring (bicyclic) bond motifs is 2. The zero-order valence-corrected chi connectivity index (χ0v) is 24.2. The maximum atomic E-state index is 14.2. The van der Waals surface area contributed by atoms with Gasteiger partial charge < -0.3 is 25.2 Å². The van der Waals surface area contributed by atoms with Gasteiger partial charge in [0.1, 0.15) is 6.54 Å². The second kappa shape index (κ2) is 11.8. The number of carbonyl (C=O) groups excluding carboxylic acids is 4. The number of ketones is 1. The molecule has 42 heavy (non-hydrogen) atoms. The number of carboxylic acid groups (broad SMARTS) is 1. The van der Waals surface area contributed by atoms with Crippen LogP contribution in [0, 0.1) is 16.7 Å². The van der Waals surface area contributed by atoms with E-state index in [0.29, 0.717) is 44.2 Å². The Kier molecular flexibility index (Phi) is 8.44. The summed E-state index contributed by atoms with van der Waals surface area (Å²) < 4.78 is 5.17. The van der Waals surface area contributed by atoms with E-state index in [0.717, 1.165) is 18.4 Å². The van der Waals surface area contributed by atoms with Crippen molar-refractivity contribution in [3.8, 4) is 0 Å². The number of amides is 2. The van der Waals surface area contributed by atoms with Crippen LogP contribution in [0.4, 0.5) is 5.69 Å². The summed E-state index contributed by atoms with van der Waals surface area (Å²) in [7, 11) is 0. The van der Waals surface area contributed by atoms with Gasteiger partial charge in [-0.1, -0.05) is 31.0 Å². The second-order valence-electron chi connectivity index (χ2n) is 12.4. The first-order valence-electron chi connectivity index (χ1n) is 15.1. The number of ether oxygens (including phenoxy) is 1. The molecule has 2 heterocycles. The van der Waals surface area contributed by atoms with Crippen molar-refractivity contribution in [2.24, 2.45) is 16.7 Å². The molecule has 11 nitrogen and oxygen atoms in total. The van der Waals surface area contributed by atoms with E-state index < -0.39 is 46.2 Å². The Morgan fingerprint density at radius 1 is 1.17 bits per heavy atom. The van der Waals surface area contributed by atoms with Crippen molar-refractivity contribution in [3.05, 3.63) is 29.8 Å². The van der Waals surface area contributed by atoms with E-state index >= 15 is 0 Å². The average molecular weight is 584 g/mol. The SMILES string of the molecule is CCOC(=O)CN1C(=O)[C@@]2(CCc3ccccc31)CC21NC1C(=O)C1(CC(CC(=O)NCCCO)C(=O)O)CCCC1. The van der Waals surface area contributed by atoms with Crippen LogP contribution in [-0.4, -0.2) is 77.6 Å². The molecule has 4 atom stereocenters. The Morgan fingerprint density at radius 3 is 2.60 bits per heavy atom. The molecule has 0 aromatic heterocycles. The Hall–Kier alpha value is -3.31. The highest BCUT2D eigenvalue weighted by Crippen LogP contribution is 2.71. The second-order valence-corrected chi connectivity index (χ2v) is 12.4. The summed E-state index contributed by atoms with van der Waals surface area (Å²) in [5, 5.41) is 24.9. The van der Waals surface area contributed by atoms with Gasteiger partial charge in [-0.05, 0) is 63.5 Å². The summed E-state index contributed by atoms with van der Waals surface area (Å²) in [5.74, 6) is -3.28. The van der Waals surface area contributed by atoms with Crippen LogP contribution < -0.4 is 15.5 Å². The molecular weight excluding hydrogens is 542 g/mol. The lowest BCUT2D eigenvalue weighted by Crippen LogP contribution is -2.43. The lowest BCUT2D eigenvalue weighted by Gasteiger charge is -2.30. The Labute approximate surface area is 245 Å².